The Bertz CT molecular complexity index is 1670. The predicted octanol–water partition coefficient (Wildman–Crippen LogP) is 5.91. The molecule has 2 amide bonds. The third-order valence-corrected chi connectivity index (χ3v) is 11.5. The molecule has 1 aromatic heterocycles. The molecule has 39 heavy (non-hydrogen) atoms. The molecular weight excluding hydrogens is 528 g/mol. The Kier molecular flexibility index (Phi) is 5.19. The van der Waals surface area contributed by atoms with Gasteiger partial charge in [-0.25, -0.2) is 0 Å². The Morgan fingerprint density at radius 3 is 2.26 bits per heavy atom. The molecule has 194 valence electrons. The SMILES string of the molecule is O=C1C2C(C(=O)N1c1ccccc1)[C@@H]1C[C@H]2C2Sc3[nH]c(=O)sc3C(c3cccc(Oc4ccccc4)c3)C21. The minimum absolute atomic E-state index is 0.0425. The summed E-state index contributed by atoms with van der Waals surface area (Å²) in [5, 5.41) is 1.07. The molecule has 4 aliphatic rings. The zero-order chi connectivity index (χ0) is 26.2. The molecule has 4 aromatic rings. The highest BCUT2D eigenvalue weighted by molar-refractivity contribution is 8.00. The van der Waals surface area contributed by atoms with E-state index < -0.39 is 0 Å². The number of benzene rings is 3. The normalized spacial score (nSPS) is 30.3. The molecule has 3 heterocycles. The van der Waals surface area contributed by atoms with E-state index in [2.05, 4.69) is 17.1 Å². The summed E-state index contributed by atoms with van der Waals surface area (Å²) in [5.41, 5.74) is 1.73. The summed E-state index contributed by atoms with van der Waals surface area (Å²) in [6, 6.07) is 27.1. The molecule has 8 rings (SSSR count). The van der Waals surface area contributed by atoms with Crippen LogP contribution < -0.4 is 14.5 Å². The van der Waals surface area contributed by atoms with Crippen LogP contribution in [0.2, 0.25) is 0 Å². The molecule has 1 N–H and O–H groups in total. The minimum Gasteiger partial charge on any atom is -0.457 e. The van der Waals surface area contributed by atoms with E-state index in [9.17, 15) is 14.4 Å². The van der Waals surface area contributed by atoms with Gasteiger partial charge in [0.1, 0.15) is 11.5 Å². The second kappa shape index (κ2) is 8.69. The number of H-pyrrole nitrogens is 1. The predicted molar refractivity (Wildman–Crippen MR) is 150 cm³/mol. The molecule has 8 heteroatoms. The number of carbonyl (C=O) groups is 2. The van der Waals surface area contributed by atoms with Crippen molar-refractivity contribution in [2.75, 3.05) is 4.90 Å². The van der Waals surface area contributed by atoms with E-state index in [-0.39, 0.29) is 57.4 Å². The van der Waals surface area contributed by atoms with Crippen molar-refractivity contribution in [2.45, 2.75) is 22.6 Å². The number of aromatic amines is 1. The van der Waals surface area contributed by atoms with Crippen LogP contribution in [0.3, 0.4) is 0 Å². The number of nitrogens with zero attached hydrogens (tertiary/aromatic N) is 1. The lowest BCUT2D eigenvalue weighted by Crippen LogP contribution is -2.42. The van der Waals surface area contributed by atoms with Gasteiger partial charge in [-0.2, -0.15) is 0 Å². The monoisotopic (exact) mass is 552 g/mol. The highest BCUT2D eigenvalue weighted by Crippen LogP contribution is 2.68. The van der Waals surface area contributed by atoms with Gasteiger partial charge in [-0.3, -0.25) is 19.3 Å². The van der Waals surface area contributed by atoms with Crippen molar-refractivity contribution in [3.63, 3.8) is 0 Å². The second-order valence-corrected chi connectivity index (χ2v) is 13.0. The Balaban J connectivity index is 1.20. The molecular formula is C31H24N2O4S2. The number of rotatable bonds is 4. The first-order valence-electron chi connectivity index (χ1n) is 13.2. The van der Waals surface area contributed by atoms with E-state index in [1.54, 1.807) is 11.8 Å². The van der Waals surface area contributed by atoms with E-state index in [1.807, 2.05) is 72.8 Å². The lowest BCUT2D eigenvalue weighted by Gasteiger charge is -2.43. The van der Waals surface area contributed by atoms with E-state index in [1.165, 1.54) is 16.2 Å². The van der Waals surface area contributed by atoms with Crippen molar-refractivity contribution in [2.24, 2.45) is 29.6 Å². The Labute approximate surface area is 233 Å². The Morgan fingerprint density at radius 1 is 0.795 bits per heavy atom. The van der Waals surface area contributed by atoms with Crippen molar-refractivity contribution in [1.29, 1.82) is 0 Å². The van der Waals surface area contributed by atoms with Crippen molar-refractivity contribution >= 4 is 40.6 Å². The molecule has 7 atom stereocenters. The summed E-state index contributed by atoms with van der Waals surface area (Å²) in [4.78, 5) is 45.6. The molecule has 2 bridgehead atoms. The smallest absolute Gasteiger partial charge is 0.305 e. The molecule has 2 saturated carbocycles. The zero-order valence-corrected chi connectivity index (χ0v) is 22.4. The van der Waals surface area contributed by atoms with E-state index >= 15 is 0 Å². The average Bonchev–Trinajstić information content (AvgIpc) is 3.68. The summed E-state index contributed by atoms with van der Waals surface area (Å²) in [7, 11) is 0. The molecule has 6 nitrogen and oxygen atoms in total. The maximum Gasteiger partial charge on any atom is 0.305 e. The number of thiazole rings is 1. The Hall–Kier alpha value is -3.62. The number of ether oxygens (including phenoxy) is 1. The molecule has 2 aliphatic carbocycles. The highest BCUT2D eigenvalue weighted by Gasteiger charge is 2.69. The zero-order valence-electron chi connectivity index (χ0n) is 20.7. The number of aromatic nitrogens is 1. The maximum absolute atomic E-state index is 13.8. The second-order valence-electron chi connectivity index (χ2n) is 10.8. The third kappa shape index (κ3) is 3.44. The van der Waals surface area contributed by atoms with Crippen LogP contribution in [0.5, 0.6) is 11.5 Å². The highest BCUT2D eigenvalue weighted by atomic mass is 32.2. The van der Waals surface area contributed by atoms with Crippen molar-refractivity contribution in [3.05, 3.63) is 105 Å². The van der Waals surface area contributed by atoms with Gasteiger partial charge in [-0.05, 0) is 66.1 Å². The summed E-state index contributed by atoms with van der Waals surface area (Å²) in [5.74, 6) is 1.05. The molecule has 3 aromatic carbocycles. The van der Waals surface area contributed by atoms with Crippen LogP contribution in [0.15, 0.2) is 94.7 Å². The molecule has 3 fully saturated rings. The lowest BCUT2D eigenvalue weighted by atomic mass is 9.68. The van der Waals surface area contributed by atoms with Crippen LogP contribution >= 0.6 is 23.1 Å². The van der Waals surface area contributed by atoms with Gasteiger partial charge in [0.05, 0.1) is 22.5 Å². The van der Waals surface area contributed by atoms with Crippen molar-refractivity contribution < 1.29 is 14.3 Å². The molecule has 2 aliphatic heterocycles. The average molecular weight is 553 g/mol. The van der Waals surface area contributed by atoms with Gasteiger partial charge in [-0.15, -0.1) is 11.8 Å². The number of nitrogens with one attached hydrogen (secondary N) is 1. The fourth-order valence-electron chi connectivity index (χ4n) is 7.62. The molecule has 0 spiro atoms. The van der Waals surface area contributed by atoms with E-state index in [4.69, 9.17) is 4.74 Å². The number of amides is 2. The number of hydrogen-bond acceptors (Lipinski definition) is 6. The standard InChI is InChI=1S/C31H24N2O4S2/c34-29-24-20-15-21(25(24)30(35)33(29)17-9-3-1-4-10-17)26-23(20)22(27-28(38-26)32-31(36)39-27)16-8-7-13-19(14-16)37-18-11-5-2-6-12-18/h1-14,20-26H,15H2,(H,32,36)/t20-,21-,22?,23?,24?,25?,26?/m1/s1. The first-order chi connectivity index (χ1) is 19.1. The van der Waals surface area contributed by atoms with Gasteiger partial charge < -0.3 is 9.72 Å². The van der Waals surface area contributed by atoms with Crippen LogP contribution in [0.25, 0.3) is 0 Å². The van der Waals surface area contributed by atoms with Crippen LogP contribution in [0, 0.1) is 29.6 Å². The van der Waals surface area contributed by atoms with Crippen molar-refractivity contribution in [1.82, 2.24) is 4.98 Å². The molecule has 1 saturated heterocycles. The maximum atomic E-state index is 13.8. The molecule has 0 radical (unpaired) electrons. The largest absolute Gasteiger partial charge is 0.457 e. The fourth-order valence-corrected chi connectivity index (χ4v) is 10.5. The van der Waals surface area contributed by atoms with Crippen LogP contribution in [-0.2, 0) is 9.59 Å². The lowest BCUT2D eigenvalue weighted by molar-refractivity contribution is -0.123. The first-order valence-corrected chi connectivity index (χ1v) is 14.9. The number of hydrogen-bond donors (Lipinski definition) is 1. The minimum atomic E-state index is -0.312. The quantitative estimate of drug-likeness (QED) is 0.319. The van der Waals surface area contributed by atoms with Gasteiger partial charge in [0.15, 0.2) is 0 Å². The van der Waals surface area contributed by atoms with Crippen LogP contribution in [0.4, 0.5) is 5.69 Å². The van der Waals surface area contributed by atoms with Gasteiger partial charge >= 0.3 is 4.87 Å². The van der Waals surface area contributed by atoms with Crippen molar-refractivity contribution in [3.8, 4) is 11.5 Å². The number of thioether (sulfide) groups is 1. The topological polar surface area (TPSA) is 79.5 Å². The van der Waals surface area contributed by atoms with Gasteiger partial charge in [0.25, 0.3) is 0 Å². The Morgan fingerprint density at radius 2 is 1.49 bits per heavy atom. The number of para-hydroxylation sites is 2. The van der Waals surface area contributed by atoms with E-state index in [0.717, 1.165) is 33.4 Å². The van der Waals surface area contributed by atoms with Gasteiger partial charge in [-0.1, -0.05) is 59.9 Å². The summed E-state index contributed by atoms with van der Waals surface area (Å²) >= 11 is 2.98. The fraction of sp³-hybridized carbons (Fsp3) is 0.258. The third-order valence-electron chi connectivity index (χ3n) is 8.93. The van der Waals surface area contributed by atoms with Crippen LogP contribution in [-0.4, -0.2) is 22.0 Å². The summed E-state index contributed by atoms with van der Waals surface area (Å²) in [6.45, 7) is 0. The number of imide groups is 1. The molecule has 5 unspecified atom stereocenters. The van der Waals surface area contributed by atoms with Crippen LogP contribution in [0.1, 0.15) is 22.8 Å². The summed E-state index contributed by atoms with van der Waals surface area (Å²) in [6.07, 6.45) is 0.869. The summed E-state index contributed by atoms with van der Waals surface area (Å²) < 4.78 is 6.16. The van der Waals surface area contributed by atoms with Gasteiger partial charge in [0.2, 0.25) is 11.8 Å². The number of anilines is 1. The number of fused-ring (bicyclic) bond motifs is 9. The number of carbonyl (C=O) groups excluding carboxylic acids is 2. The van der Waals surface area contributed by atoms with Gasteiger partial charge in [0, 0.05) is 16.0 Å². The van der Waals surface area contributed by atoms with E-state index in [0.29, 0.717) is 5.69 Å². The first kappa shape index (κ1) is 23.3.